The lowest BCUT2D eigenvalue weighted by Crippen LogP contribution is -2.38. The standard InChI is InChI=1S/C12H19NO2S2/c1-3-7-13-10(12(14)15-2)6-9-17-11-5-4-8-16-11/h4-5,8,10,13H,3,6-7,9H2,1-2H3. The van der Waals surface area contributed by atoms with Crippen LogP contribution >= 0.6 is 23.1 Å². The van der Waals surface area contributed by atoms with Crippen molar-refractivity contribution < 1.29 is 9.53 Å². The monoisotopic (exact) mass is 273 g/mol. The number of methoxy groups -OCH3 is 1. The molecule has 0 aliphatic heterocycles. The molecule has 0 saturated heterocycles. The lowest BCUT2D eigenvalue weighted by molar-refractivity contribution is -0.143. The van der Waals surface area contributed by atoms with Crippen LogP contribution in [0.2, 0.25) is 0 Å². The van der Waals surface area contributed by atoms with Crippen molar-refractivity contribution in [1.82, 2.24) is 5.32 Å². The van der Waals surface area contributed by atoms with Gasteiger partial charge in [-0.1, -0.05) is 13.0 Å². The number of thiophene rings is 1. The number of nitrogens with one attached hydrogen (secondary N) is 1. The molecule has 0 aromatic carbocycles. The van der Waals surface area contributed by atoms with Crippen LogP contribution in [0, 0.1) is 0 Å². The Morgan fingerprint density at radius 3 is 3.06 bits per heavy atom. The molecule has 1 unspecified atom stereocenters. The van der Waals surface area contributed by atoms with Crippen LogP contribution in [0.4, 0.5) is 0 Å². The highest BCUT2D eigenvalue weighted by Crippen LogP contribution is 2.24. The summed E-state index contributed by atoms with van der Waals surface area (Å²) in [6.45, 7) is 2.94. The van der Waals surface area contributed by atoms with Gasteiger partial charge in [-0.2, -0.15) is 0 Å². The van der Waals surface area contributed by atoms with Crippen LogP contribution in [0.5, 0.6) is 0 Å². The van der Waals surface area contributed by atoms with Crippen LogP contribution in [-0.2, 0) is 9.53 Å². The second-order valence-corrected chi connectivity index (χ2v) is 5.94. The van der Waals surface area contributed by atoms with Crippen LogP contribution in [0.15, 0.2) is 21.7 Å². The van der Waals surface area contributed by atoms with Crippen molar-refractivity contribution in [3.8, 4) is 0 Å². The number of rotatable bonds is 8. The average molecular weight is 273 g/mol. The second-order valence-electron chi connectivity index (χ2n) is 3.60. The van der Waals surface area contributed by atoms with E-state index in [1.807, 2.05) is 6.07 Å². The molecule has 0 spiro atoms. The van der Waals surface area contributed by atoms with Gasteiger partial charge < -0.3 is 10.1 Å². The molecule has 0 radical (unpaired) electrons. The molecule has 0 amide bonds. The molecule has 5 heteroatoms. The maximum absolute atomic E-state index is 11.5. The molecule has 1 aromatic heterocycles. The topological polar surface area (TPSA) is 38.3 Å². The number of hydrogen-bond donors (Lipinski definition) is 1. The van der Waals surface area contributed by atoms with Crippen LogP contribution in [0.25, 0.3) is 0 Å². The van der Waals surface area contributed by atoms with E-state index >= 15 is 0 Å². The number of carbonyl (C=O) groups is 1. The van der Waals surface area contributed by atoms with Gasteiger partial charge in [0.15, 0.2) is 0 Å². The van der Waals surface area contributed by atoms with Gasteiger partial charge in [-0.25, -0.2) is 0 Å². The third-order valence-corrected chi connectivity index (χ3v) is 4.44. The Kier molecular flexibility index (Phi) is 7.32. The smallest absolute Gasteiger partial charge is 0.322 e. The minimum atomic E-state index is -0.174. The summed E-state index contributed by atoms with van der Waals surface area (Å²) in [5.74, 6) is 0.766. The van der Waals surface area contributed by atoms with Crippen molar-refractivity contribution in [3.05, 3.63) is 17.5 Å². The van der Waals surface area contributed by atoms with Crippen LogP contribution < -0.4 is 5.32 Å². The Morgan fingerprint density at radius 2 is 2.47 bits per heavy atom. The van der Waals surface area contributed by atoms with Gasteiger partial charge in [-0.3, -0.25) is 4.79 Å². The van der Waals surface area contributed by atoms with E-state index < -0.39 is 0 Å². The largest absolute Gasteiger partial charge is 0.468 e. The summed E-state index contributed by atoms with van der Waals surface area (Å²) in [6.07, 6.45) is 1.82. The Morgan fingerprint density at radius 1 is 1.65 bits per heavy atom. The SMILES string of the molecule is CCCNC(CCSc1cccs1)C(=O)OC. The van der Waals surface area contributed by atoms with Gasteiger partial charge in [-0.05, 0) is 30.8 Å². The van der Waals surface area contributed by atoms with Crippen molar-refractivity contribution in [3.63, 3.8) is 0 Å². The predicted octanol–water partition coefficient (Wildman–Crippen LogP) is 2.77. The van der Waals surface area contributed by atoms with Gasteiger partial charge in [0.25, 0.3) is 0 Å². The highest BCUT2D eigenvalue weighted by Gasteiger charge is 2.17. The van der Waals surface area contributed by atoms with Crippen molar-refractivity contribution in [2.75, 3.05) is 19.4 Å². The highest BCUT2D eigenvalue weighted by molar-refractivity contribution is 8.01. The lowest BCUT2D eigenvalue weighted by atomic mass is 10.2. The molecule has 0 saturated carbocycles. The first-order chi connectivity index (χ1) is 8.27. The first-order valence-corrected chi connectivity index (χ1v) is 7.62. The average Bonchev–Trinajstić information content (AvgIpc) is 2.85. The van der Waals surface area contributed by atoms with Gasteiger partial charge in [0.1, 0.15) is 6.04 Å². The van der Waals surface area contributed by atoms with E-state index in [9.17, 15) is 4.79 Å². The molecule has 3 nitrogen and oxygen atoms in total. The van der Waals surface area contributed by atoms with Gasteiger partial charge in [0.2, 0.25) is 0 Å². The molecule has 1 aromatic rings. The minimum Gasteiger partial charge on any atom is -0.468 e. The van der Waals surface area contributed by atoms with E-state index in [0.29, 0.717) is 0 Å². The van der Waals surface area contributed by atoms with E-state index in [4.69, 9.17) is 4.74 Å². The normalized spacial score (nSPS) is 12.4. The molecule has 1 N–H and O–H groups in total. The zero-order chi connectivity index (χ0) is 12.5. The van der Waals surface area contributed by atoms with Crippen LogP contribution in [-0.4, -0.2) is 31.4 Å². The van der Waals surface area contributed by atoms with Gasteiger partial charge in [0, 0.05) is 5.75 Å². The summed E-state index contributed by atoms with van der Waals surface area (Å²) < 4.78 is 6.08. The highest BCUT2D eigenvalue weighted by atomic mass is 32.2. The molecule has 1 atom stereocenters. The van der Waals surface area contributed by atoms with Crippen molar-refractivity contribution in [1.29, 1.82) is 0 Å². The first-order valence-electron chi connectivity index (χ1n) is 5.75. The fourth-order valence-electron chi connectivity index (χ4n) is 1.39. The number of thioether (sulfide) groups is 1. The van der Waals surface area contributed by atoms with Crippen LogP contribution in [0.3, 0.4) is 0 Å². The summed E-state index contributed by atoms with van der Waals surface area (Å²) in [7, 11) is 1.44. The Hall–Kier alpha value is -0.520. The van der Waals surface area contributed by atoms with Gasteiger partial charge in [-0.15, -0.1) is 23.1 Å². The van der Waals surface area contributed by atoms with Crippen molar-refractivity contribution in [2.24, 2.45) is 0 Å². The Labute approximate surface area is 111 Å². The molecule has 0 bridgehead atoms. The van der Waals surface area contributed by atoms with E-state index in [1.165, 1.54) is 11.3 Å². The predicted molar refractivity (Wildman–Crippen MR) is 73.8 cm³/mol. The summed E-state index contributed by atoms with van der Waals surface area (Å²) in [5.41, 5.74) is 0. The number of ether oxygens (including phenoxy) is 1. The van der Waals surface area contributed by atoms with Crippen molar-refractivity contribution >= 4 is 29.1 Å². The number of esters is 1. The minimum absolute atomic E-state index is 0.162. The molecule has 17 heavy (non-hydrogen) atoms. The molecule has 0 fully saturated rings. The van der Waals surface area contributed by atoms with Gasteiger partial charge >= 0.3 is 5.97 Å². The molecule has 1 rings (SSSR count). The fourth-order valence-corrected chi connectivity index (χ4v) is 3.25. The quantitative estimate of drug-likeness (QED) is 0.584. The number of carbonyl (C=O) groups excluding carboxylic acids is 1. The summed E-state index contributed by atoms with van der Waals surface area (Å²) in [4.78, 5) is 11.5. The third kappa shape index (κ3) is 5.57. The summed E-state index contributed by atoms with van der Waals surface area (Å²) in [5, 5.41) is 5.28. The zero-order valence-electron chi connectivity index (χ0n) is 10.3. The van der Waals surface area contributed by atoms with E-state index in [1.54, 1.807) is 23.1 Å². The molecule has 0 aliphatic carbocycles. The fraction of sp³-hybridized carbons (Fsp3) is 0.583. The molecular formula is C12H19NO2S2. The maximum atomic E-state index is 11.5. The summed E-state index contributed by atoms with van der Waals surface area (Å²) in [6, 6.07) is 3.97. The molecule has 1 heterocycles. The van der Waals surface area contributed by atoms with Crippen molar-refractivity contribution in [2.45, 2.75) is 30.0 Å². The third-order valence-electron chi connectivity index (χ3n) is 2.27. The first kappa shape index (κ1) is 14.5. The Balaban J connectivity index is 2.30. The van der Waals surface area contributed by atoms with E-state index in [-0.39, 0.29) is 12.0 Å². The zero-order valence-corrected chi connectivity index (χ0v) is 11.9. The molecule has 96 valence electrons. The van der Waals surface area contributed by atoms with E-state index in [0.717, 1.165) is 25.1 Å². The number of hydrogen-bond acceptors (Lipinski definition) is 5. The van der Waals surface area contributed by atoms with E-state index in [2.05, 4.69) is 23.7 Å². The van der Waals surface area contributed by atoms with Crippen LogP contribution in [0.1, 0.15) is 19.8 Å². The lowest BCUT2D eigenvalue weighted by Gasteiger charge is -2.15. The maximum Gasteiger partial charge on any atom is 0.322 e. The summed E-state index contributed by atoms with van der Waals surface area (Å²) >= 11 is 3.52. The Bertz CT molecular complexity index is 314. The molecule has 0 aliphatic rings. The van der Waals surface area contributed by atoms with Gasteiger partial charge in [0.05, 0.1) is 11.3 Å². The molecular weight excluding hydrogens is 254 g/mol. The second kappa shape index (κ2) is 8.55.